The molecule has 5 nitrogen and oxygen atoms in total. The van der Waals surface area contributed by atoms with E-state index in [0.717, 1.165) is 11.8 Å². The Bertz CT molecular complexity index is 387. The van der Waals surface area contributed by atoms with Gasteiger partial charge in [0.25, 0.3) is 0 Å². The van der Waals surface area contributed by atoms with Crippen LogP contribution in [0.4, 0.5) is 0 Å². The largest absolute Gasteiger partial charge is 0.481 e. The molecule has 0 bridgehead atoms. The van der Waals surface area contributed by atoms with Gasteiger partial charge in [-0.1, -0.05) is 27.7 Å². The Morgan fingerprint density at radius 3 is 2.11 bits per heavy atom. The Hall–Kier alpha value is -0.750. The molecule has 19 heavy (non-hydrogen) atoms. The van der Waals surface area contributed by atoms with Gasteiger partial charge in [-0.25, -0.2) is 0 Å². The smallest absolute Gasteiger partial charge is 0.320 e. The SMILES string of the molecule is CCC1(C(=O)O)C(N)SC(CC(C)C)(C(=O)O)C1C. The molecule has 0 aromatic carbocycles. The van der Waals surface area contributed by atoms with E-state index in [4.69, 9.17) is 5.73 Å². The highest BCUT2D eigenvalue weighted by Gasteiger charge is 2.66. The van der Waals surface area contributed by atoms with Crippen molar-refractivity contribution in [3.8, 4) is 0 Å². The minimum absolute atomic E-state index is 0.166. The zero-order chi connectivity index (χ0) is 15.0. The van der Waals surface area contributed by atoms with Crippen molar-refractivity contribution in [2.45, 2.75) is 50.7 Å². The van der Waals surface area contributed by atoms with E-state index in [2.05, 4.69) is 0 Å². The minimum atomic E-state index is -1.17. The number of carboxylic acid groups (broad SMARTS) is 2. The average Bonchev–Trinajstić information content (AvgIpc) is 2.48. The number of carboxylic acids is 2. The molecule has 110 valence electrons. The van der Waals surface area contributed by atoms with Crippen molar-refractivity contribution in [1.82, 2.24) is 0 Å². The van der Waals surface area contributed by atoms with Crippen LogP contribution in [-0.2, 0) is 9.59 Å². The molecule has 0 spiro atoms. The van der Waals surface area contributed by atoms with Crippen LogP contribution in [0.3, 0.4) is 0 Å². The first-order chi connectivity index (χ1) is 8.65. The summed E-state index contributed by atoms with van der Waals surface area (Å²) in [6, 6.07) is 0. The fourth-order valence-electron chi connectivity index (χ4n) is 3.22. The standard InChI is InChI=1S/C13H23NO4S/c1-5-12(10(15)16)8(4)13(11(17)18,6-7(2)3)19-9(12)14/h7-9H,5-6,14H2,1-4H3,(H,15,16)(H,17,18). The Labute approximate surface area is 117 Å². The molecule has 0 amide bonds. The zero-order valence-corrected chi connectivity index (χ0v) is 12.7. The van der Waals surface area contributed by atoms with Gasteiger partial charge in [0, 0.05) is 0 Å². The second kappa shape index (κ2) is 5.32. The number of aliphatic carboxylic acids is 2. The molecule has 1 aliphatic rings. The Kier molecular flexibility index (Phi) is 4.57. The lowest BCUT2D eigenvalue weighted by atomic mass is 9.67. The molecule has 0 saturated carbocycles. The molecule has 4 N–H and O–H groups in total. The predicted molar refractivity (Wildman–Crippen MR) is 74.9 cm³/mol. The lowest BCUT2D eigenvalue weighted by molar-refractivity contribution is -0.155. The summed E-state index contributed by atoms with van der Waals surface area (Å²) in [5.41, 5.74) is 4.86. The molecule has 6 heteroatoms. The van der Waals surface area contributed by atoms with Gasteiger partial charge in [0.05, 0.1) is 10.8 Å². The van der Waals surface area contributed by atoms with Crippen LogP contribution in [0, 0.1) is 17.3 Å². The van der Waals surface area contributed by atoms with Gasteiger partial charge < -0.3 is 15.9 Å². The Morgan fingerprint density at radius 1 is 1.32 bits per heavy atom. The molecule has 0 aromatic heterocycles. The molecule has 0 aromatic rings. The third-order valence-electron chi connectivity index (χ3n) is 4.37. The van der Waals surface area contributed by atoms with Gasteiger partial charge in [-0.3, -0.25) is 9.59 Å². The van der Waals surface area contributed by atoms with Crippen molar-refractivity contribution in [1.29, 1.82) is 0 Å². The molecular formula is C13H23NO4S. The number of hydrogen-bond donors (Lipinski definition) is 3. The number of hydrogen-bond acceptors (Lipinski definition) is 4. The van der Waals surface area contributed by atoms with E-state index >= 15 is 0 Å². The third-order valence-corrected chi connectivity index (χ3v) is 6.16. The van der Waals surface area contributed by atoms with Gasteiger partial charge in [0.1, 0.15) is 4.75 Å². The van der Waals surface area contributed by atoms with E-state index in [0.29, 0.717) is 12.8 Å². The first-order valence-corrected chi connectivity index (χ1v) is 7.43. The number of carbonyl (C=O) groups is 2. The van der Waals surface area contributed by atoms with Crippen molar-refractivity contribution >= 4 is 23.7 Å². The maximum atomic E-state index is 11.8. The molecule has 4 unspecified atom stereocenters. The van der Waals surface area contributed by atoms with E-state index in [1.165, 1.54) is 0 Å². The summed E-state index contributed by atoms with van der Waals surface area (Å²) >= 11 is 1.11. The second-order valence-electron chi connectivity index (χ2n) is 5.75. The van der Waals surface area contributed by atoms with E-state index in [-0.39, 0.29) is 5.92 Å². The summed E-state index contributed by atoms with van der Waals surface area (Å²) in [7, 11) is 0. The third kappa shape index (κ3) is 2.25. The lowest BCUT2D eigenvalue weighted by Gasteiger charge is -2.36. The van der Waals surface area contributed by atoms with Crippen LogP contribution in [0.25, 0.3) is 0 Å². The summed E-state index contributed by atoms with van der Waals surface area (Å²) in [4.78, 5) is 23.5. The maximum absolute atomic E-state index is 11.8. The van der Waals surface area contributed by atoms with Crippen LogP contribution in [0.15, 0.2) is 0 Å². The molecule has 1 rings (SSSR count). The highest BCUT2D eigenvalue weighted by molar-refractivity contribution is 8.02. The fourth-order valence-corrected chi connectivity index (χ4v) is 5.30. The lowest BCUT2D eigenvalue weighted by Crippen LogP contribution is -2.50. The van der Waals surface area contributed by atoms with E-state index < -0.39 is 33.4 Å². The van der Waals surface area contributed by atoms with E-state index in [9.17, 15) is 19.8 Å². The van der Waals surface area contributed by atoms with Crippen molar-refractivity contribution < 1.29 is 19.8 Å². The van der Waals surface area contributed by atoms with Gasteiger partial charge in [-0.2, -0.15) is 0 Å². The first-order valence-electron chi connectivity index (χ1n) is 6.55. The van der Waals surface area contributed by atoms with Crippen molar-refractivity contribution in [2.75, 3.05) is 0 Å². The van der Waals surface area contributed by atoms with Crippen LogP contribution >= 0.6 is 11.8 Å². The summed E-state index contributed by atoms with van der Waals surface area (Å²) < 4.78 is -1.11. The van der Waals surface area contributed by atoms with Gasteiger partial charge >= 0.3 is 11.9 Å². The normalized spacial score (nSPS) is 38.6. The summed E-state index contributed by atoms with van der Waals surface area (Å²) in [5, 5.41) is 18.5. The van der Waals surface area contributed by atoms with Gasteiger partial charge in [0.2, 0.25) is 0 Å². The van der Waals surface area contributed by atoms with Crippen LogP contribution in [0.1, 0.15) is 40.5 Å². The first kappa shape index (κ1) is 16.3. The van der Waals surface area contributed by atoms with Crippen molar-refractivity contribution in [3.05, 3.63) is 0 Å². The monoisotopic (exact) mass is 289 g/mol. The number of nitrogens with two attached hydrogens (primary N) is 1. The minimum Gasteiger partial charge on any atom is -0.481 e. The molecular weight excluding hydrogens is 266 g/mol. The zero-order valence-electron chi connectivity index (χ0n) is 11.8. The highest BCUT2D eigenvalue weighted by Crippen LogP contribution is 2.60. The van der Waals surface area contributed by atoms with Crippen LogP contribution < -0.4 is 5.73 Å². The molecule has 0 radical (unpaired) electrons. The number of thioether (sulfide) groups is 1. The fraction of sp³-hybridized carbons (Fsp3) is 0.846. The molecule has 1 fully saturated rings. The Balaban J connectivity index is 3.33. The average molecular weight is 289 g/mol. The van der Waals surface area contributed by atoms with Gasteiger partial charge in [0.15, 0.2) is 0 Å². The molecule has 1 aliphatic heterocycles. The molecule has 0 aliphatic carbocycles. The van der Waals surface area contributed by atoms with E-state index in [1.54, 1.807) is 13.8 Å². The molecule has 1 saturated heterocycles. The van der Waals surface area contributed by atoms with E-state index in [1.807, 2.05) is 13.8 Å². The molecule has 1 heterocycles. The molecule has 4 atom stereocenters. The quantitative estimate of drug-likeness (QED) is 0.715. The Morgan fingerprint density at radius 2 is 1.84 bits per heavy atom. The van der Waals surface area contributed by atoms with Crippen LogP contribution in [-0.4, -0.2) is 32.3 Å². The van der Waals surface area contributed by atoms with Gasteiger partial charge in [-0.15, -0.1) is 11.8 Å². The predicted octanol–water partition coefficient (Wildman–Crippen LogP) is 2.00. The highest BCUT2D eigenvalue weighted by atomic mass is 32.2. The maximum Gasteiger partial charge on any atom is 0.320 e. The topological polar surface area (TPSA) is 101 Å². The second-order valence-corrected chi connectivity index (χ2v) is 7.22. The number of rotatable bonds is 5. The summed E-state index contributed by atoms with van der Waals surface area (Å²) in [6.07, 6.45) is 0.766. The van der Waals surface area contributed by atoms with Crippen LogP contribution in [0.2, 0.25) is 0 Å². The van der Waals surface area contributed by atoms with Gasteiger partial charge in [-0.05, 0) is 24.7 Å². The van der Waals surface area contributed by atoms with Crippen LogP contribution in [0.5, 0.6) is 0 Å². The van der Waals surface area contributed by atoms with Crippen molar-refractivity contribution in [3.63, 3.8) is 0 Å². The summed E-state index contributed by atoms with van der Waals surface area (Å²) in [5.74, 6) is -2.29. The van der Waals surface area contributed by atoms with Crippen molar-refractivity contribution in [2.24, 2.45) is 23.0 Å². The summed E-state index contributed by atoms with van der Waals surface area (Å²) in [6.45, 7) is 7.36.